The number of alkyl halides is 3. The van der Waals surface area contributed by atoms with E-state index in [-0.39, 0.29) is 43.6 Å². The molecular weight excluding hydrogens is 713 g/mol. The maximum Gasteiger partial charge on any atom is 0.471 e. The number of carbonyl (C=O) groups excluding carboxylic acids is 9. The summed E-state index contributed by atoms with van der Waals surface area (Å²) in [6.07, 6.45) is -13.1. The third kappa shape index (κ3) is 11.6. The number of nitrogens with zero attached hydrogens (tertiary/aromatic N) is 2. The van der Waals surface area contributed by atoms with Crippen molar-refractivity contribution in [3.8, 4) is 0 Å². The normalized spacial score (nSPS) is 26.0. The van der Waals surface area contributed by atoms with Gasteiger partial charge >= 0.3 is 36.0 Å². The predicted octanol–water partition coefficient (Wildman–Crippen LogP) is -0.915. The zero-order valence-corrected chi connectivity index (χ0v) is 28.6. The molecule has 52 heavy (non-hydrogen) atoms. The molecule has 0 aromatic rings. The van der Waals surface area contributed by atoms with Gasteiger partial charge in [-0.2, -0.15) is 13.2 Å². The van der Waals surface area contributed by atoms with E-state index in [0.717, 1.165) is 27.7 Å². The van der Waals surface area contributed by atoms with Crippen LogP contribution in [-0.2, 0) is 71.7 Å². The number of nitrogens with one attached hydrogen (secondary N) is 2. The summed E-state index contributed by atoms with van der Waals surface area (Å²) in [5, 5.41) is 5.24. The van der Waals surface area contributed by atoms with Gasteiger partial charge < -0.3 is 44.1 Å². The highest BCUT2D eigenvalue weighted by atomic mass is 19.4. The van der Waals surface area contributed by atoms with Gasteiger partial charge in [-0.1, -0.05) is 0 Å². The van der Waals surface area contributed by atoms with Gasteiger partial charge in [-0.25, -0.2) is 4.79 Å². The summed E-state index contributed by atoms with van der Waals surface area (Å²) in [6.45, 7) is 2.63. The molecule has 0 spiro atoms. The number of unbranched alkanes of at least 4 members (excludes halogenated alkanes) is 1. The fraction of sp³-hybridized carbons (Fsp3) is 0.700. The zero-order chi connectivity index (χ0) is 38.9. The number of amides is 5. The fourth-order valence-electron chi connectivity index (χ4n) is 5.71. The Morgan fingerprint density at radius 2 is 1.46 bits per heavy atom. The van der Waals surface area contributed by atoms with E-state index in [1.165, 1.54) is 0 Å². The molecule has 290 valence electrons. The highest BCUT2D eigenvalue weighted by molar-refractivity contribution is 6.01. The number of esters is 3. The van der Waals surface area contributed by atoms with Gasteiger partial charge in [0.1, 0.15) is 24.3 Å². The van der Waals surface area contributed by atoms with E-state index < -0.39 is 122 Å². The molecule has 0 bridgehead atoms. The lowest BCUT2D eigenvalue weighted by Gasteiger charge is -2.45. The summed E-state index contributed by atoms with van der Waals surface area (Å²) < 4.78 is 67.6. The molecular formula is C30H39F3N4O15. The second-order valence-corrected chi connectivity index (χ2v) is 12.0. The quantitative estimate of drug-likeness (QED) is 0.0945. The summed E-state index contributed by atoms with van der Waals surface area (Å²) in [4.78, 5) is 114. The van der Waals surface area contributed by atoms with E-state index in [0.29, 0.717) is 5.06 Å². The molecule has 5 amide bonds. The Balaban J connectivity index is 1.76. The van der Waals surface area contributed by atoms with Crippen molar-refractivity contribution in [1.29, 1.82) is 0 Å². The largest absolute Gasteiger partial charge is 0.471 e. The molecule has 3 heterocycles. The first-order valence-corrected chi connectivity index (χ1v) is 16.1. The van der Waals surface area contributed by atoms with Gasteiger partial charge in [0.25, 0.3) is 11.8 Å². The molecule has 7 atom stereocenters. The SMILES string of the molecule is CC(=O)NC1C(OCCCCC(=O)ON2C(=O)CCC2=O)OC(CNC(=O)C2CC(OC(C)=O)CN2C(=O)C(F)(F)F)C(OC(C)=O)C1OC(C)=O. The van der Waals surface area contributed by atoms with Gasteiger partial charge in [-0.15, -0.1) is 5.06 Å². The molecule has 0 saturated carbocycles. The number of carbonyl (C=O) groups is 9. The van der Waals surface area contributed by atoms with Crippen LogP contribution in [0.5, 0.6) is 0 Å². The summed E-state index contributed by atoms with van der Waals surface area (Å²) in [5.74, 6) is -8.93. The van der Waals surface area contributed by atoms with Crippen LogP contribution in [0, 0.1) is 0 Å². The molecule has 0 aromatic heterocycles. The Morgan fingerprint density at radius 1 is 0.865 bits per heavy atom. The van der Waals surface area contributed by atoms with Crippen LogP contribution < -0.4 is 10.6 Å². The monoisotopic (exact) mass is 752 g/mol. The summed E-state index contributed by atoms with van der Waals surface area (Å²) in [6, 6.07) is -3.07. The molecule has 0 radical (unpaired) electrons. The Morgan fingerprint density at radius 3 is 2.02 bits per heavy atom. The van der Waals surface area contributed by atoms with Crippen LogP contribution >= 0.6 is 0 Å². The van der Waals surface area contributed by atoms with E-state index in [9.17, 15) is 56.3 Å². The first-order valence-electron chi connectivity index (χ1n) is 16.1. The number of hydrogen-bond acceptors (Lipinski definition) is 15. The van der Waals surface area contributed by atoms with Crippen molar-refractivity contribution in [2.24, 2.45) is 0 Å². The fourth-order valence-corrected chi connectivity index (χ4v) is 5.71. The molecule has 3 aliphatic heterocycles. The Labute approximate surface area is 294 Å². The predicted molar refractivity (Wildman–Crippen MR) is 159 cm³/mol. The second-order valence-electron chi connectivity index (χ2n) is 12.0. The maximum absolute atomic E-state index is 13.4. The zero-order valence-electron chi connectivity index (χ0n) is 28.6. The molecule has 3 fully saturated rings. The number of rotatable bonds is 14. The topological polar surface area (TPSA) is 240 Å². The van der Waals surface area contributed by atoms with Gasteiger partial charge in [0.2, 0.25) is 11.8 Å². The van der Waals surface area contributed by atoms with Crippen LogP contribution in [0.2, 0.25) is 0 Å². The van der Waals surface area contributed by atoms with Crippen molar-refractivity contribution in [2.75, 3.05) is 19.7 Å². The highest BCUT2D eigenvalue weighted by Crippen LogP contribution is 2.30. The standard InChI is InChI=1S/C30H39F3N4O15/c1-14(38)35-24-26(50-17(4)41)25(49-16(3)40)20(51-28(24)47-10-6-5-7-23(44)52-37-21(42)8-9-22(37)43)12-34-27(45)19-11-18(48-15(2)39)13-36(19)29(46)30(31,32)33/h18-20,24-26,28H,5-13H2,1-4H3,(H,34,45)(H,35,38). The van der Waals surface area contributed by atoms with Crippen molar-refractivity contribution in [3.63, 3.8) is 0 Å². The number of hydroxylamine groups is 2. The van der Waals surface area contributed by atoms with Crippen LogP contribution in [0.4, 0.5) is 13.2 Å². The van der Waals surface area contributed by atoms with Crippen LogP contribution in [0.15, 0.2) is 0 Å². The van der Waals surface area contributed by atoms with Crippen LogP contribution in [-0.4, -0.2) is 132 Å². The first-order chi connectivity index (χ1) is 24.3. The number of halogens is 3. The van der Waals surface area contributed by atoms with E-state index in [4.69, 9.17) is 28.5 Å². The number of likely N-dealkylation sites (tertiary alicyclic amines) is 1. The molecule has 3 aliphatic rings. The molecule has 0 aromatic carbocycles. The van der Waals surface area contributed by atoms with E-state index in [1.807, 2.05) is 0 Å². The molecule has 3 rings (SSSR count). The lowest BCUT2D eigenvalue weighted by Crippen LogP contribution is -2.67. The third-order valence-corrected chi connectivity index (χ3v) is 7.76. The molecule has 19 nitrogen and oxygen atoms in total. The third-order valence-electron chi connectivity index (χ3n) is 7.76. The number of hydrogen-bond donors (Lipinski definition) is 2. The van der Waals surface area contributed by atoms with Crippen molar-refractivity contribution < 1.29 is 84.8 Å². The Bertz CT molecular complexity index is 1410. The van der Waals surface area contributed by atoms with Crippen LogP contribution in [0.25, 0.3) is 0 Å². The van der Waals surface area contributed by atoms with Crippen molar-refractivity contribution in [3.05, 3.63) is 0 Å². The van der Waals surface area contributed by atoms with Gasteiger partial charge in [-0.3, -0.25) is 38.4 Å². The van der Waals surface area contributed by atoms with Crippen LogP contribution in [0.1, 0.15) is 66.2 Å². The van der Waals surface area contributed by atoms with Gasteiger partial charge in [-0.05, 0) is 12.8 Å². The number of ether oxygens (including phenoxy) is 5. The van der Waals surface area contributed by atoms with Crippen molar-refractivity contribution in [1.82, 2.24) is 20.6 Å². The van der Waals surface area contributed by atoms with Crippen molar-refractivity contribution in [2.45, 2.75) is 115 Å². The lowest BCUT2D eigenvalue weighted by molar-refractivity contribution is -0.270. The first kappa shape index (κ1) is 41.6. The minimum Gasteiger partial charge on any atom is -0.461 e. The minimum atomic E-state index is -5.36. The average molecular weight is 753 g/mol. The summed E-state index contributed by atoms with van der Waals surface area (Å²) >= 11 is 0. The van der Waals surface area contributed by atoms with Crippen LogP contribution in [0.3, 0.4) is 0 Å². The van der Waals surface area contributed by atoms with E-state index in [2.05, 4.69) is 10.6 Å². The molecule has 7 unspecified atom stereocenters. The van der Waals surface area contributed by atoms with E-state index >= 15 is 0 Å². The minimum absolute atomic E-state index is 0.0819. The molecule has 2 N–H and O–H groups in total. The summed E-state index contributed by atoms with van der Waals surface area (Å²) in [5.41, 5.74) is 0. The van der Waals surface area contributed by atoms with E-state index in [1.54, 1.807) is 0 Å². The maximum atomic E-state index is 13.4. The Kier molecular flexibility index (Phi) is 14.4. The lowest BCUT2D eigenvalue weighted by atomic mass is 9.95. The summed E-state index contributed by atoms with van der Waals surface area (Å²) in [7, 11) is 0. The Hall–Kier alpha value is -4.86. The van der Waals surface area contributed by atoms with Gasteiger partial charge in [0, 0.05) is 66.5 Å². The van der Waals surface area contributed by atoms with Gasteiger partial charge in [0.15, 0.2) is 18.5 Å². The van der Waals surface area contributed by atoms with Gasteiger partial charge in [0.05, 0.1) is 6.54 Å². The molecule has 3 saturated heterocycles. The highest BCUT2D eigenvalue weighted by Gasteiger charge is 2.53. The number of imide groups is 1. The average Bonchev–Trinajstić information content (AvgIpc) is 3.58. The van der Waals surface area contributed by atoms with Crippen molar-refractivity contribution >= 4 is 53.4 Å². The smallest absolute Gasteiger partial charge is 0.461 e. The molecule has 22 heteroatoms. The second kappa shape index (κ2) is 18.1. The molecule has 0 aliphatic carbocycles.